The molecule has 124 valence electrons. The number of nitrogens with one attached hydrogen (secondary N) is 2. The molecule has 0 aromatic carbocycles. The van der Waals surface area contributed by atoms with Gasteiger partial charge in [-0.1, -0.05) is 32.6 Å². The fraction of sp³-hybridized carbons (Fsp3) is 1.00. The number of hydrogen-bond acceptors (Lipinski definition) is 3. The summed E-state index contributed by atoms with van der Waals surface area (Å²) in [7, 11) is -3.06. The Morgan fingerprint density at radius 1 is 0.952 bits per heavy atom. The Balaban J connectivity index is 1.49. The van der Waals surface area contributed by atoms with Crippen LogP contribution in [-0.4, -0.2) is 33.3 Å². The van der Waals surface area contributed by atoms with Gasteiger partial charge < -0.3 is 5.32 Å². The fourth-order valence-corrected chi connectivity index (χ4v) is 4.28. The lowest BCUT2D eigenvalue weighted by molar-refractivity contribution is 0.278. The van der Waals surface area contributed by atoms with Crippen molar-refractivity contribution >= 4 is 10.0 Å². The molecule has 0 amide bonds. The van der Waals surface area contributed by atoms with Gasteiger partial charge in [-0.15, -0.1) is 0 Å². The standard InChI is InChI=1S/C16H32N2O2S/c1-14-4-6-15(7-5-14)10-12-18-21(19,20)13-3-2-11-17-16-8-9-16/h14-18H,2-13H2,1H3. The molecular formula is C16H32N2O2S. The molecule has 0 saturated heterocycles. The van der Waals surface area contributed by atoms with Crippen LogP contribution >= 0.6 is 0 Å². The zero-order valence-electron chi connectivity index (χ0n) is 13.4. The molecule has 0 aromatic rings. The second-order valence-electron chi connectivity index (χ2n) is 7.06. The van der Waals surface area contributed by atoms with Gasteiger partial charge in [0.2, 0.25) is 10.0 Å². The molecule has 0 aromatic heterocycles. The molecule has 2 aliphatic rings. The molecule has 0 unspecified atom stereocenters. The first-order chi connectivity index (χ1) is 10.1. The predicted molar refractivity (Wildman–Crippen MR) is 87.8 cm³/mol. The molecule has 2 N–H and O–H groups in total. The van der Waals surface area contributed by atoms with Crippen molar-refractivity contribution in [2.24, 2.45) is 11.8 Å². The van der Waals surface area contributed by atoms with Crippen LogP contribution < -0.4 is 10.0 Å². The summed E-state index contributed by atoms with van der Waals surface area (Å²) in [6, 6.07) is 0.720. The van der Waals surface area contributed by atoms with Gasteiger partial charge in [0, 0.05) is 12.6 Å². The van der Waals surface area contributed by atoms with E-state index in [0.717, 1.165) is 43.7 Å². The molecule has 2 saturated carbocycles. The van der Waals surface area contributed by atoms with Crippen LogP contribution in [0.15, 0.2) is 0 Å². The minimum atomic E-state index is -3.06. The van der Waals surface area contributed by atoms with Crippen molar-refractivity contribution in [1.29, 1.82) is 0 Å². The monoisotopic (exact) mass is 316 g/mol. The Morgan fingerprint density at radius 3 is 2.33 bits per heavy atom. The van der Waals surface area contributed by atoms with Gasteiger partial charge in [-0.25, -0.2) is 13.1 Å². The van der Waals surface area contributed by atoms with Gasteiger partial charge in [0.05, 0.1) is 5.75 Å². The average Bonchev–Trinajstić information content (AvgIpc) is 3.24. The van der Waals surface area contributed by atoms with Gasteiger partial charge in [-0.2, -0.15) is 0 Å². The van der Waals surface area contributed by atoms with Crippen LogP contribution in [0.4, 0.5) is 0 Å². The zero-order valence-corrected chi connectivity index (χ0v) is 14.3. The van der Waals surface area contributed by atoms with Crippen molar-refractivity contribution in [2.75, 3.05) is 18.8 Å². The van der Waals surface area contributed by atoms with Crippen molar-refractivity contribution in [3.63, 3.8) is 0 Å². The van der Waals surface area contributed by atoms with E-state index in [4.69, 9.17) is 0 Å². The highest BCUT2D eigenvalue weighted by atomic mass is 32.2. The van der Waals surface area contributed by atoms with Gasteiger partial charge in [0.1, 0.15) is 0 Å². The van der Waals surface area contributed by atoms with Crippen molar-refractivity contribution in [1.82, 2.24) is 10.0 Å². The second kappa shape index (κ2) is 8.49. The van der Waals surface area contributed by atoms with Crippen LogP contribution in [-0.2, 0) is 10.0 Å². The third kappa shape index (κ3) is 7.61. The largest absolute Gasteiger partial charge is 0.314 e. The van der Waals surface area contributed by atoms with Crippen LogP contribution in [0.2, 0.25) is 0 Å². The summed E-state index contributed by atoms with van der Waals surface area (Å²) in [5, 5.41) is 3.42. The highest BCUT2D eigenvalue weighted by molar-refractivity contribution is 7.89. The molecule has 0 atom stereocenters. The second-order valence-corrected chi connectivity index (χ2v) is 8.99. The fourth-order valence-electron chi connectivity index (χ4n) is 3.12. The minimum absolute atomic E-state index is 0.279. The van der Waals surface area contributed by atoms with E-state index in [9.17, 15) is 8.42 Å². The third-order valence-electron chi connectivity index (χ3n) is 4.86. The number of rotatable bonds is 10. The highest BCUT2D eigenvalue weighted by Gasteiger charge is 2.20. The van der Waals surface area contributed by atoms with E-state index < -0.39 is 10.0 Å². The molecule has 2 rings (SSSR count). The van der Waals surface area contributed by atoms with Gasteiger partial charge in [-0.3, -0.25) is 0 Å². The van der Waals surface area contributed by atoms with Gasteiger partial charge in [0.15, 0.2) is 0 Å². The first-order valence-corrected chi connectivity index (χ1v) is 10.4. The van der Waals surface area contributed by atoms with Crippen LogP contribution in [0.5, 0.6) is 0 Å². The molecule has 0 spiro atoms. The van der Waals surface area contributed by atoms with Gasteiger partial charge in [-0.05, 0) is 50.5 Å². The maximum Gasteiger partial charge on any atom is 0.211 e. The van der Waals surface area contributed by atoms with Crippen LogP contribution in [0.25, 0.3) is 0 Å². The zero-order chi connectivity index (χ0) is 15.1. The first kappa shape index (κ1) is 17.2. The molecular weight excluding hydrogens is 284 g/mol. The Bertz CT molecular complexity index is 385. The lowest BCUT2D eigenvalue weighted by Crippen LogP contribution is -2.29. The van der Waals surface area contributed by atoms with E-state index in [1.54, 1.807) is 0 Å². The van der Waals surface area contributed by atoms with Crippen molar-refractivity contribution in [3.8, 4) is 0 Å². The van der Waals surface area contributed by atoms with E-state index in [1.807, 2.05) is 0 Å². The summed E-state index contributed by atoms with van der Waals surface area (Å²) >= 11 is 0. The maximum absolute atomic E-state index is 11.9. The number of sulfonamides is 1. The van der Waals surface area contributed by atoms with E-state index in [1.165, 1.54) is 38.5 Å². The van der Waals surface area contributed by atoms with Gasteiger partial charge >= 0.3 is 0 Å². The molecule has 0 bridgehead atoms. The van der Waals surface area contributed by atoms with E-state index in [2.05, 4.69) is 17.0 Å². The SMILES string of the molecule is CC1CCC(CCNS(=O)(=O)CCCCNC2CC2)CC1. The maximum atomic E-state index is 11.9. The normalized spacial score (nSPS) is 26.9. The first-order valence-electron chi connectivity index (χ1n) is 8.76. The summed E-state index contributed by atoms with van der Waals surface area (Å²) in [6.07, 6.45) is 10.5. The molecule has 4 nitrogen and oxygen atoms in total. The third-order valence-corrected chi connectivity index (χ3v) is 6.33. The predicted octanol–water partition coefficient (Wildman–Crippen LogP) is 2.65. The summed E-state index contributed by atoms with van der Waals surface area (Å²) in [4.78, 5) is 0. The minimum Gasteiger partial charge on any atom is -0.314 e. The number of unbranched alkanes of at least 4 members (excludes halogenated alkanes) is 1. The Morgan fingerprint density at radius 2 is 1.67 bits per heavy atom. The van der Waals surface area contributed by atoms with Crippen molar-refractivity contribution in [2.45, 2.75) is 70.8 Å². The smallest absolute Gasteiger partial charge is 0.211 e. The van der Waals surface area contributed by atoms with E-state index in [0.29, 0.717) is 6.54 Å². The molecule has 2 aliphatic carbocycles. The highest BCUT2D eigenvalue weighted by Crippen LogP contribution is 2.29. The van der Waals surface area contributed by atoms with Crippen LogP contribution in [0.1, 0.15) is 64.7 Å². The summed E-state index contributed by atoms with van der Waals surface area (Å²) in [5.74, 6) is 1.87. The van der Waals surface area contributed by atoms with E-state index in [-0.39, 0.29) is 5.75 Å². The Kier molecular flexibility index (Phi) is 6.96. The van der Waals surface area contributed by atoms with Crippen molar-refractivity contribution in [3.05, 3.63) is 0 Å². The van der Waals surface area contributed by atoms with Crippen LogP contribution in [0.3, 0.4) is 0 Å². The number of hydrogen-bond donors (Lipinski definition) is 2. The summed E-state index contributed by atoms with van der Waals surface area (Å²) in [5.41, 5.74) is 0. The van der Waals surface area contributed by atoms with Crippen LogP contribution in [0, 0.1) is 11.8 Å². The Labute approximate surface area is 130 Å². The molecule has 21 heavy (non-hydrogen) atoms. The lowest BCUT2D eigenvalue weighted by Gasteiger charge is -2.26. The van der Waals surface area contributed by atoms with E-state index >= 15 is 0 Å². The quantitative estimate of drug-likeness (QED) is 0.609. The molecule has 2 fully saturated rings. The molecule has 5 heteroatoms. The Hall–Kier alpha value is -0.130. The topological polar surface area (TPSA) is 58.2 Å². The lowest BCUT2D eigenvalue weighted by atomic mass is 9.81. The molecule has 0 aliphatic heterocycles. The molecule has 0 radical (unpaired) electrons. The average molecular weight is 317 g/mol. The summed E-state index contributed by atoms with van der Waals surface area (Å²) in [6.45, 7) is 3.90. The van der Waals surface area contributed by atoms with Gasteiger partial charge in [0.25, 0.3) is 0 Å². The van der Waals surface area contributed by atoms with Crippen molar-refractivity contribution < 1.29 is 8.42 Å². The summed E-state index contributed by atoms with van der Waals surface area (Å²) < 4.78 is 26.6. The molecule has 0 heterocycles.